The second-order valence-corrected chi connectivity index (χ2v) is 4.06. The third-order valence-corrected chi connectivity index (χ3v) is 2.31. The maximum atomic E-state index is 11.6. The molecule has 5 nitrogen and oxygen atoms in total. The van der Waals surface area contributed by atoms with E-state index in [1.807, 2.05) is 20.8 Å². The van der Waals surface area contributed by atoms with Gasteiger partial charge in [-0.3, -0.25) is 4.68 Å². The summed E-state index contributed by atoms with van der Waals surface area (Å²) in [5.74, 6) is -0.216. The van der Waals surface area contributed by atoms with Gasteiger partial charge < -0.3 is 10.5 Å². The summed E-state index contributed by atoms with van der Waals surface area (Å²) in [5, 5.41) is 4.10. The van der Waals surface area contributed by atoms with Crippen LogP contribution in [0.3, 0.4) is 0 Å². The summed E-state index contributed by atoms with van der Waals surface area (Å²) in [5.41, 5.74) is 7.41. The molecule has 0 fully saturated rings. The summed E-state index contributed by atoms with van der Waals surface area (Å²) in [6.45, 7) is 6.35. The molecule has 90 valence electrons. The lowest BCUT2D eigenvalue weighted by molar-refractivity contribution is 0.0498. The molecule has 1 rings (SSSR count). The van der Waals surface area contributed by atoms with E-state index in [1.54, 1.807) is 11.7 Å². The van der Waals surface area contributed by atoms with E-state index in [4.69, 9.17) is 10.5 Å². The first-order chi connectivity index (χ1) is 7.49. The largest absolute Gasteiger partial charge is 0.461 e. The number of nitrogens with two attached hydrogens (primary N) is 1. The summed E-state index contributed by atoms with van der Waals surface area (Å²) in [7, 11) is 1.78. The highest BCUT2D eigenvalue weighted by molar-refractivity contribution is 5.93. The van der Waals surface area contributed by atoms with Crippen LogP contribution in [0.5, 0.6) is 0 Å². The van der Waals surface area contributed by atoms with Gasteiger partial charge in [0.15, 0.2) is 5.69 Å². The molecular formula is C11H19N3O2. The third kappa shape index (κ3) is 2.35. The second-order valence-electron chi connectivity index (χ2n) is 4.06. The number of nitrogens with zero attached hydrogens (tertiary/aromatic N) is 2. The van der Waals surface area contributed by atoms with Crippen LogP contribution in [0, 0.1) is 0 Å². The van der Waals surface area contributed by atoms with Gasteiger partial charge in [-0.1, -0.05) is 20.8 Å². The van der Waals surface area contributed by atoms with Crippen LogP contribution < -0.4 is 5.73 Å². The van der Waals surface area contributed by atoms with Crippen molar-refractivity contribution in [2.75, 3.05) is 12.3 Å². The van der Waals surface area contributed by atoms with Crippen molar-refractivity contribution in [1.29, 1.82) is 0 Å². The standard InChI is InChI=1S/C11H19N3O2/c1-5-6-16-11(15)9-8(12)10(7(2)3)14(4)13-9/h7H,5-6,12H2,1-4H3. The minimum Gasteiger partial charge on any atom is -0.461 e. The number of hydrogen-bond acceptors (Lipinski definition) is 4. The Balaban J connectivity index is 2.98. The first kappa shape index (κ1) is 12.5. The van der Waals surface area contributed by atoms with Gasteiger partial charge in [0.1, 0.15) is 0 Å². The maximum absolute atomic E-state index is 11.6. The molecule has 1 aromatic heterocycles. The Labute approximate surface area is 95.6 Å². The summed E-state index contributed by atoms with van der Waals surface area (Å²) in [6.07, 6.45) is 0.787. The molecule has 1 aromatic rings. The zero-order valence-electron chi connectivity index (χ0n) is 10.3. The minimum atomic E-state index is -0.443. The lowest BCUT2D eigenvalue weighted by atomic mass is 10.1. The predicted molar refractivity (Wildman–Crippen MR) is 62.3 cm³/mol. The molecule has 0 amide bonds. The van der Waals surface area contributed by atoms with Crippen molar-refractivity contribution in [2.24, 2.45) is 7.05 Å². The summed E-state index contributed by atoms with van der Waals surface area (Å²) < 4.78 is 6.65. The Bertz CT molecular complexity index is 383. The number of aryl methyl sites for hydroxylation is 1. The fourth-order valence-electron chi connectivity index (χ4n) is 1.65. The molecule has 0 aromatic carbocycles. The predicted octanol–water partition coefficient (Wildman–Crippen LogP) is 1.69. The van der Waals surface area contributed by atoms with Gasteiger partial charge >= 0.3 is 5.97 Å². The van der Waals surface area contributed by atoms with Crippen molar-refractivity contribution in [3.63, 3.8) is 0 Å². The topological polar surface area (TPSA) is 70.1 Å². The second kappa shape index (κ2) is 5.01. The van der Waals surface area contributed by atoms with Crippen LogP contribution >= 0.6 is 0 Å². The van der Waals surface area contributed by atoms with Gasteiger partial charge in [0.2, 0.25) is 0 Å². The van der Waals surface area contributed by atoms with Gasteiger partial charge in [0.05, 0.1) is 18.0 Å². The molecule has 1 heterocycles. The van der Waals surface area contributed by atoms with Crippen LogP contribution in [0.15, 0.2) is 0 Å². The zero-order chi connectivity index (χ0) is 12.3. The molecule has 0 aliphatic rings. The Morgan fingerprint density at radius 1 is 1.56 bits per heavy atom. The molecule has 0 saturated carbocycles. The Hall–Kier alpha value is -1.52. The monoisotopic (exact) mass is 225 g/mol. The van der Waals surface area contributed by atoms with E-state index in [2.05, 4.69) is 5.10 Å². The average molecular weight is 225 g/mol. The first-order valence-electron chi connectivity index (χ1n) is 5.48. The van der Waals surface area contributed by atoms with Crippen molar-refractivity contribution in [3.8, 4) is 0 Å². The average Bonchev–Trinajstić information content (AvgIpc) is 2.50. The van der Waals surface area contributed by atoms with Crippen molar-refractivity contribution in [1.82, 2.24) is 9.78 Å². The Morgan fingerprint density at radius 3 is 2.62 bits per heavy atom. The highest BCUT2D eigenvalue weighted by Crippen LogP contribution is 2.24. The van der Waals surface area contributed by atoms with Crippen molar-refractivity contribution in [3.05, 3.63) is 11.4 Å². The van der Waals surface area contributed by atoms with Crippen LogP contribution in [-0.4, -0.2) is 22.4 Å². The molecule has 5 heteroatoms. The summed E-state index contributed by atoms with van der Waals surface area (Å²) in [6, 6.07) is 0. The Kier molecular flexibility index (Phi) is 3.93. The van der Waals surface area contributed by atoms with Gasteiger partial charge in [0.25, 0.3) is 0 Å². The fourth-order valence-corrected chi connectivity index (χ4v) is 1.65. The van der Waals surface area contributed by atoms with Crippen LogP contribution in [0.25, 0.3) is 0 Å². The number of hydrogen-bond donors (Lipinski definition) is 1. The molecule has 16 heavy (non-hydrogen) atoms. The van der Waals surface area contributed by atoms with Crippen LogP contribution in [-0.2, 0) is 11.8 Å². The highest BCUT2D eigenvalue weighted by atomic mass is 16.5. The normalized spacial score (nSPS) is 10.8. The number of esters is 1. The van der Waals surface area contributed by atoms with Crippen molar-refractivity contribution < 1.29 is 9.53 Å². The lowest BCUT2D eigenvalue weighted by Gasteiger charge is -2.06. The van der Waals surface area contributed by atoms with Crippen molar-refractivity contribution in [2.45, 2.75) is 33.1 Å². The number of ether oxygens (including phenoxy) is 1. The molecule has 0 bridgehead atoms. The first-order valence-corrected chi connectivity index (χ1v) is 5.48. The van der Waals surface area contributed by atoms with E-state index in [1.165, 1.54) is 0 Å². The van der Waals surface area contributed by atoms with Crippen LogP contribution in [0.2, 0.25) is 0 Å². The molecule has 0 radical (unpaired) electrons. The van der Waals surface area contributed by atoms with Crippen LogP contribution in [0.1, 0.15) is 49.3 Å². The third-order valence-electron chi connectivity index (χ3n) is 2.31. The van der Waals surface area contributed by atoms with E-state index in [9.17, 15) is 4.79 Å². The summed E-state index contributed by atoms with van der Waals surface area (Å²) in [4.78, 5) is 11.6. The van der Waals surface area contributed by atoms with Crippen LogP contribution in [0.4, 0.5) is 5.69 Å². The van der Waals surface area contributed by atoms with E-state index >= 15 is 0 Å². The number of rotatable bonds is 4. The number of anilines is 1. The van der Waals surface area contributed by atoms with Gasteiger partial charge in [-0.15, -0.1) is 0 Å². The lowest BCUT2D eigenvalue weighted by Crippen LogP contribution is -2.09. The molecule has 0 saturated heterocycles. The minimum absolute atomic E-state index is 0.222. The quantitative estimate of drug-likeness (QED) is 0.792. The van der Waals surface area contributed by atoms with Gasteiger partial charge in [-0.05, 0) is 12.3 Å². The van der Waals surface area contributed by atoms with E-state index in [0.717, 1.165) is 12.1 Å². The zero-order valence-corrected chi connectivity index (χ0v) is 10.3. The van der Waals surface area contributed by atoms with Gasteiger partial charge in [-0.2, -0.15) is 5.10 Å². The maximum Gasteiger partial charge on any atom is 0.361 e. The molecule has 0 unspecified atom stereocenters. The molecule has 0 aliphatic heterocycles. The molecule has 0 aliphatic carbocycles. The number of nitrogen functional groups attached to an aromatic ring is 1. The summed E-state index contributed by atoms with van der Waals surface area (Å²) >= 11 is 0. The van der Waals surface area contributed by atoms with E-state index < -0.39 is 5.97 Å². The highest BCUT2D eigenvalue weighted by Gasteiger charge is 2.22. The van der Waals surface area contributed by atoms with Crippen molar-refractivity contribution >= 4 is 11.7 Å². The smallest absolute Gasteiger partial charge is 0.361 e. The molecule has 2 N–H and O–H groups in total. The Morgan fingerprint density at radius 2 is 2.19 bits per heavy atom. The molecule has 0 spiro atoms. The van der Waals surface area contributed by atoms with E-state index in [0.29, 0.717) is 12.3 Å². The van der Waals surface area contributed by atoms with Gasteiger partial charge in [-0.25, -0.2) is 4.79 Å². The number of carbonyl (C=O) groups excluding carboxylic acids is 1. The number of aromatic nitrogens is 2. The number of carbonyl (C=O) groups is 1. The molecular weight excluding hydrogens is 206 g/mol. The fraction of sp³-hybridized carbons (Fsp3) is 0.636. The SMILES string of the molecule is CCCOC(=O)c1nn(C)c(C(C)C)c1N. The van der Waals surface area contributed by atoms with E-state index in [-0.39, 0.29) is 11.6 Å². The molecule has 0 atom stereocenters. The van der Waals surface area contributed by atoms with Gasteiger partial charge in [0, 0.05) is 7.05 Å².